The van der Waals surface area contributed by atoms with Gasteiger partial charge in [0.05, 0.1) is 12.6 Å². The zero-order valence-electron chi connectivity index (χ0n) is 14.8. The first-order chi connectivity index (χ1) is 12.5. The fourth-order valence-corrected chi connectivity index (χ4v) is 2.75. The van der Waals surface area contributed by atoms with E-state index in [1.165, 1.54) is 24.3 Å². The molecule has 27 heavy (non-hydrogen) atoms. The van der Waals surface area contributed by atoms with Gasteiger partial charge in [-0.1, -0.05) is 24.3 Å². The molecule has 1 heterocycles. The maximum atomic E-state index is 13.4. The Kier molecular flexibility index (Phi) is 6.76. The van der Waals surface area contributed by atoms with Crippen molar-refractivity contribution >= 4 is 11.1 Å². The summed E-state index contributed by atoms with van der Waals surface area (Å²) in [5.41, 5.74) is 2.42. The van der Waals surface area contributed by atoms with Gasteiger partial charge in [0.25, 0.3) is 0 Å². The minimum absolute atomic E-state index is 0. The van der Waals surface area contributed by atoms with Crippen molar-refractivity contribution in [3.8, 4) is 0 Å². The molecule has 0 atom stereocenters. The Morgan fingerprint density at radius 3 is 1.85 bits per heavy atom. The first-order valence-corrected chi connectivity index (χ1v) is 8.15. The SMILES string of the molecule is CC(C)n1nnnc1C(CO)=C(c1ccc(F)cc1)c1ccc(F)cc1.[Cl-]. The smallest absolute Gasteiger partial charge is 0.181 e. The molecule has 0 spiro atoms. The van der Waals surface area contributed by atoms with E-state index in [0.717, 1.165) is 0 Å². The number of tetrazole rings is 1. The standard InChI is InChI=1S/C19H18F2N4O.ClH/c1-12(2)25-19(22-23-24-25)17(11-26)18(13-3-7-15(20)8-4-13)14-5-9-16(21)10-6-14;/h3-10,12,26H,11H2,1-2H3;1H/p-1. The summed E-state index contributed by atoms with van der Waals surface area (Å²) in [5.74, 6) is -0.333. The molecule has 0 saturated heterocycles. The van der Waals surface area contributed by atoms with Crippen molar-refractivity contribution in [2.45, 2.75) is 19.9 Å². The van der Waals surface area contributed by atoms with Gasteiger partial charge in [0.15, 0.2) is 5.82 Å². The summed E-state index contributed by atoms with van der Waals surface area (Å²) in [6.07, 6.45) is 0. The average Bonchev–Trinajstić information content (AvgIpc) is 3.11. The largest absolute Gasteiger partial charge is 1.00 e. The second kappa shape index (κ2) is 8.83. The third-order valence-corrected chi connectivity index (χ3v) is 3.98. The third kappa shape index (κ3) is 4.37. The molecule has 0 saturated carbocycles. The zero-order valence-corrected chi connectivity index (χ0v) is 15.5. The van der Waals surface area contributed by atoms with Gasteiger partial charge >= 0.3 is 0 Å². The number of hydrogen-bond acceptors (Lipinski definition) is 4. The van der Waals surface area contributed by atoms with Gasteiger partial charge in [0, 0.05) is 5.57 Å². The summed E-state index contributed by atoms with van der Waals surface area (Å²) >= 11 is 0. The maximum Gasteiger partial charge on any atom is 0.181 e. The van der Waals surface area contributed by atoms with Crippen LogP contribution >= 0.6 is 0 Å². The van der Waals surface area contributed by atoms with Crippen molar-refractivity contribution in [1.82, 2.24) is 20.2 Å². The summed E-state index contributed by atoms with van der Waals surface area (Å²) in [7, 11) is 0. The Balaban J connectivity index is 0.00000261. The Hall–Kier alpha value is -2.64. The number of nitrogens with zero attached hydrogens (tertiary/aromatic N) is 4. The van der Waals surface area contributed by atoms with Crippen LogP contribution in [-0.2, 0) is 0 Å². The van der Waals surface area contributed by atoms with E-state index in [9.17, 15) is 13.9 Å². The van der Waals surface area contributed by atoms with E-state index in [1.54, 1.807) is 28.9 Å². The van der Waals surface area contributed by atoms with Gasteiger partial charge in [0.1, 0.15) is 11.6 Å². The summed E-state index contributed by atoms with van der Waals surface area (Å²) < 4.78 is 28.4. The van der Waals surface area contributed by atoms with Crippen LogP contribution in [0, 0.1) is 11.6 Å². The van der Waals surface area contributed by atoms with Crippen LogP contribution in [-0.4, -0.2) is 31.9 Å². The Morgan fingerprint density at radius 2 is 1.44 bits per heavy atom. The van der Waals surface area contributed by atoms with Crippen molar-refractivity contribution in [3.05, 3.63) is 77.1 Å². The number of aliphatic hydroxyl groups is 1. The molecular weight excluding hydrogens is 374 g/mol. The molecule has 5 nitrogen and oxygen atoms in total. The summed E-state index contributed by atoms with van der Waals surface area (Å²) in [4.78, 5) is 0. The Bertz CT molecular complexity index is 874. The maximum absolute atomic E-state index is 13.4. The van der Waals surface area contributed by atoms with E-state index in [-0.39, 0.29) is 36.7 Å². The predicted octanol–water partition coefficient (Wildman–Crippen LogP) is 0.488. The van der Waals surface area contributed by atoms with Crippen molar-refractivity contribution in [2.75, 3.05) is 6.61 Å². The van der Waals surface area contributed by atoms with Crippen molar-refractivity contribution in [1.29, 1.82) is 0 Å². The van der Waals surface area contributed by atoms with Crippen molar-refractivity contribution in [3.63, 3.8) is 0 Å². The van der Waals surface area contributed by atoms with Gasteiger partial charge < -0.3 is 17.5 Å². The number of aliphatic hydroxyl groups excluding tert-OH is 1. The van der Waals surface area contributed by atoms with Crippen LogP contribution in [0.5, 0.6) is 0 Å². The Morgan fingerprint density at radius 1 is 0.963 bits per heavy atom. The zero-order chi connectivity index (χ0) is 18.7. The first-order valence-electron chi connectivity index (χ1n) is 8.15. The molecule has 0 fully saturated rings. The lowest BCUT2D eigenvalue weighted by Gasteiger charge is -2.16. The lowest BCUT2D eigenvalue weighted by molar-refractivity contribution is -0.00000767. The fourth-order valence-electron chi connectivity index (χ4n) is 2.75. The highest BCUT2D eigenvalue weighted by molar-refractivity contribution is 5.97. The number of rotatable bonds is 5. The molecule has 8 heteroatoms. The van der Waals surface area contributed by atoms with Gasteiger partial charge in [-0.3, -0.25) is 0 Å². The summed E-state index contributed by atoms with van der Waals surface area (Å²) in [5, 5.41) is 21.8. The van der Waals surface area contributed by atoms with Crippen LogP contribution in [0.2, 0.25) is 0 Å². The normalized spacial score (nSPS) is 10.6. The highest BCUT2D eigenvalue weighted by atomic mass is 35.5. The highest BCUT2D eigenvalue weighted by Gasteiger charge is 2.20. The molecule has 0 aliphatic carbocycles. The molecule has 0 amide bonds. The van der Waals surface area contributed by atoms with Crippen molar-refractivity contribution in [2.24, 2.45) is 0 Å². The van der Waals surface area contributed by atoms with Crippen LogP contribution in [0.15, 0.2) is 48.5 Å². The molecule has 142 valence electrons. The van der Waals surface area contributed by atoms with E-state index in [2.05, 4.69) is 15.5 Å². The van der Waals surface area contributed by atoms with Crippen LogP contribution in [0.1, 0.15) is 36.8 Å². The van der Waals surface area contributed by atoms with Gasteiger partial charge in [-0.05, 0) is 65.2 Å². The molecule has 0 unspecified atom stereocenters. The number of hydrogen-bond donors (Lipinski definition) is 1. The highest BCUT2D eigenvalue weighted by Crippen LogP contribution is 2.32. The quantitative estimate of drug-likeness (QED) is 0.687. The number of halogens is 3. The first kappa shape index (κ1) is 20.7. The molecule has 1 N–H and O–H groups in total. The average molecular weight is 392 g/mol. The van der Waals surface area contributed by atoms with Gasteiger partial charge in [-0.2, -0.15) is 0 Å². The van der Waals surface area contributed by atoms with Gasteiger partial charge in [-0.15, -0.1) is 5.10 Å². The van der Waals surface area contributed by atoms with Gasteiger partial charge in [-0.25, -0.2) is 13.5 Å². The lowest BCUT2D eigenvalue weighted by atomic mass is 9.92. The van der Waals surface area contributed by atoms with E-state index in [4.69, 9.17) is 0 Å². The molecule has 3 rings (SSSR count). The molecule has 0 bridgehead atoms. The topological polar surface area (TPSA) is 63.8 Å². The van der Waals surface area contributed by atoms with Gasteiger partial charge in [0.2, 0.25) is 0 Å². The molecule has 2 aromatic carbocycles. The molecule has 3 aromatic rings. The minimum Gasteiger partial charge on any atom is -1.00 e. The minimum atomic E-state index is -0.371. The van der Waals surface area contributed by atoms with E-state index < -0.39 is 0 Å². The second-order valence-electron chi connectivity index (χ2n) is 6.07. The molecule has 1 aromatic heterocycles. The Labute approximate surface area is 161 Å². The van der Waals surface area contributed by atoms with E-state index in [1.807, 2.05) is 13.8 Å². The third-order valence-electron chi connectivity index (χ3n) is 3.98. The summed E-state index contributed by atoms with van der Waals surface area (Å²) in [6.45, 7) is 3.51. The number of benzene rings is 2. The molecule has 0 radical (unpaired) electrons. The summed E-state index contributed by atoms with van der Waals surface area (Å²) in [6, 6.07) is 11.7. The lowest BCUT2D eigenvalue weighted by Crippen LogP contribution is -3.00. The van der Waals surface area contributed by atoms with Crippen LogP contribution in [0.3, 0.4) is 0 Å². The van der Waals surface area contributed by atoms with Crippen LogP contribution in [0.4, 0.5) is 8.78 Å². The number of aromatic nitrogens is 4. The van der Waals surface area contributed by atoms with E-state index in [0.29, 0.717) is 28.1 Å². The molecule has 0 aliphatic rings. The van der Waals surface area contributed by atoms with E-state index >= 15 is 0 Å². The second-order valence-corrected chi connectivity index (χ2v) is 6.07. The molecular formula is C19H18ClF2N4O-. The monoisotopic (exact) mass is 391 g/mol. The van der Waals surface area contributed by atoms with Crippen LogP contribution in [0.25, 0.3) is 11.1 Å². The predicted molar refractivity (Wildman–Crippen MR) is 94.0 cm³/mol. The van der Waals surface area contributed by atoms with Crippen molar-refractivity contribution < 1.29 is 26.3 Å². The fraction of sp³-hybridized carbons (Fsp3) is 0.211. The van der Waals surface area contributed by atoms with Crippen LogP contribution < -0.4 is 12.4 Å². The molecule has 0 aliphatic heterocycles.